The van der Waals surface area contributed by atoms with Crippen molar-refractivity contribution in [3.63, 3.8) is 0 Å². The quantitative estimate of drug-likeness (QED) is 0.783. The fourth-order valence-electron chi connectivity index (χ4n) is 5.76. The summed E-state index contributed by atoms with van der Waals surface area (Å²) in [5.41, 5.74) is 4.25. The van der Waals surface area contributed by atoms with Crippen molar-refractivity contribution in [2.75, 3.05) is 13.1 Å². The molecule has 29 heavy (non-hydrogen) atoms. The number of carbonyl (C=O) groups is 1. The molecule has 0 N–H and O–H groups in total. The summed E-state index contributed by atoms with van der Waals surface area (Å²) in [6.45, 7) is 1.85. The number of piperidine rings is 1. The normalized spacial score (nSPS) is 28.4. The van der Waals surface area contributed by atoms with Crippen LogP contribution in [0, 0.1) is 11.3 Å². The standard InChI is InChI=1S/C24H27N3O2/c28-22(29-17-18-4-2-1-3-5-18)26-10-8-23(9-11-26)7-6-21-20(15-23)16-25-27(21)24-12-19(13-24)14-24/h1-7,16,19H,8-15,17H2. The van der Waals surface area contributed by atoms with Crippen LogP contribution in [0.25, 0.3) is 6.08 Å². The molecule has 1 amide bonds. The van der Waals surface area contributed by atoms with Gasteiger partial charge in [0, 0.05) is 13.1 Å². The first kappa shape index (κ1) is 17.3. The maximum absolute atomic E-state index is 12.5. The first-order valence-corrected chi connectivity index (χ1v) is 10.9. The fourth-order valence-corrected chi connectivity index (χ4v) is 5.76. The Hall–Kier alpha value is -2.56. The summed E-state index contributed by atoms with van der Waals surface area (Å²) in [7, 11) is 0. The van der Waals surface area contributed by atoms with E-state index in [9.17, 15) is 4.79 Å². The van der Waals surface area contributed by atoms with Crippen LogP contribution in [0.3, 0.4) is 0 Å². The number of likely N-dealkylation sites (tertiary alicyclic amines) is 1. The van der Waals surface area contributed by atoms with Gasteiger partial charge in [-0.15, -0.1) is 0 Å². The highest BCUT2D eigenvalue weighted by Crippen LogP contribution is 2.62. The summed E-state index contributed by atoms with van der Waals surface area (Å²) in [4.78, 5) is 14.3. The lowest BCUT2D eigenvalue weighted by atomic mass is 9.50. The van der Waals surface area contributed by atoms with Crippen LogP contribution in [0.2, 0.25) is 0 Å². The topological polar surface area (TPSA) is 47.4 Å². The van der Waals surface area contributed by atoms with Crippen LogP contribution in [-0.2, 0) is 23.3 Å². The number of rotatable bonds is 3. The van der Waals surface area contributed by atoms with Crippen molar-refractivity contribution in [3.05, 3.63) is 59.4 Å². The van der Waals surface area contributed by atoms with Gasteiger partial charge < -0.3 is 9.64 Å². The molecule has 1 aromatic heterocycles. The van der Waals surface area contributed by atoms with Crippen LogP contribution in [-0.4, -0.2) is 33.9 Å². The number of allylic oxidation sites excluding steroid dienone is 1. The number of hydrogen-bond donors (Lipinski definition) is 0. The third-order valence-corrected chi connectivity index (χ3v) is 7.70. The van der Waals surface area contributed by atoms with Gasteiger partial charge in [-0.2, -0.15) is 5.10 Å². The lowest BCUT2D eigenvalue weighted by Gasteiger charge is -2.61. The van der Waals surface area contributed by atoms with Crippen LogP contribution in [0.1, 0.15) is 48.9 Å². The summed E-state index contributed by atoms with van der Waals surface area (Å²) in [5, 5.41) is 4.78. The van der Waals surface area contributed by atoms with Crippen molar-refractivity contribution in [1.29, 1.82) is 0 Å². The van der Waals surface area contributed by atoms with Crippen molar-refractivity contribution in [2.45, 2.75) is 50.7 Å². The Balaban J connectivity index is 1.08. The highest BCUT2D eigenvalue weighted by atomic mass is 16.6. The van der Waals surface area contributed by atoms with Crippen LogP contribution < -0.4 is 0 Å². The first-order chi connectivity index (χ1) is 14.1. The van der Waals surface area contributed by atoms with Gasteiger partial charge in [-0.25, -0.2) is 4.79 Å². The monoisotopic (exact) mass is 389 g/mol. The summed E-state index contributed by atoms with van der Waals surface area (Å²) < 4.78 is 7.84. The SMILES string of the molecule is O=C(OCc1ccccc1)N1CCC2(C=Cc3c(cnn3C34CC(C3)C4)C2)CC1. The molecule has 1 saturated heterocycles. The van der Waals surface area contributed by atoms with Crippen molar-refractivity contribution >= 4 is 12.2 Å². The molecule has 0 unspecified atom stereocenters. The third kappa shape index (κ3) is 2.74. The second-order valence-electron chi connectivity index (χ2n) is 9.57. The number of ether oxygens (including phenoxy) is 1. The van der Waals surface area contributed by atoms with Gasteiger partial charge in [0.25, 0.3) is 0 Å². The Kier molecular flexibility index (Phi) is 3.71. The number of amides is 1. The van der Waals surface area contributed by atoms with Crippen molar-refractivity contribution in [3.8, 4) is 0 Å². The minimum absolute atomic E-state index is 0.163. The van der Waals surface area contributed by atoms with Gasteiger partial charge in [0.1, 0.15) is 6.61 Å². The Morgan fingerprint density at radius 2 is 1.90 bits per heavy atom. The molecule has 5 aliphatic rings. The predicted molar refractivity (Wildman–Crippen MR) is 110 cm³/mol. The highest BCUT2D eigenvalue weighted by molar-refractivity contribution is 5.68. The average molecular weight is 389 g/mol. The number of carbonyl (C=O) groups excluding carboxylic acids is 1. The minimum atomic E-state index is -0.194. The summed E-state index contributed by atoms with van der Waals surface area (Å²) in [6.07, 6.45) is 13.6. The molecule has 2 heterocycles. The van der Waals surface area contributed by atoms with E-state index < -0.39 is 0 Å². The summed E-state index contributed by atoms with van der Waals surface area (Å²) in [6, 6.07) is 9.87. The highest BCUT2D eigenvalue weighted by Gasteiger charge is 2.59. The molecule has 5 nitrogen and oxygen atoms in total. The van der Waals surface area contributed by atoms with Gasteiger partial charge >= 0.3 is 6.09 Å². The molecule has 150 valence electrons. The van der Waals surface area contributed by atoms with Gasteiger partial charge in [0.15, 0.2) is 0 Å². The zero-order chi connectivity index (χ0) is 19.5. The number of benzene rings is 1. The number of fused-ring (bicyclic) bond motifs is 1. The Labute approximate surface area is 171 Å². The van der Waals surface area contributed by atoms with E-state index in [1.165, 1.54) is 30.5 Å². The van der Waals surface area contributed by atoms with Gasteiger partial charge in [0.2, 0.25) is 0 Å². The molecule has 1 spiro atoms. The molecule has 1 aliphatic heterocycles. The van der Waals surface area contributed by atoms with Crippen LogP contribution >= 0.6 is 0 Å². The van der Waals surface area contributed by atoms with Crippen molar-refractivity contribution in [1.82, 2.24) is 14.7 Å². The van der Waals surface area contributed by atoms with Crippen LogP contribution in [0.15, 0.2) is 42.6 Å². The van der Waals surface area contributed by atoms with Gasteiger partial charge in [0.05, 0.1) is 17.4 Å². The molecule has 1 aromatic carbocycles. The second-order valence-corrected chi connectivity index (χ2v) is 9.57. The van der Waals surface area contributed by atoms with E-state index in [0.29, 0.717) is 12.1 Å². The molecule has 4 aliphatic carbocycles. The fraction of sp³-hybridized carbons (Fsp3) is 0.500. The van der Waals surface area contributed by atoms with E-state index in [-0.39, 0.29) is 11.5 Å². The minimum Gasteiger partial charge on any atom is -0.445 e. The average Bonchev–Trinajstić information content (AvgIpc) is 3.08. The van der Waals surface area contributed by atoms with E-state index in [1.807, 2.05) is 35.2 Å². The maximum atomic E-state index is 12.5. The Bertz CT molecular complexity index is 952. The third-order valence-electron chi connectivity index (χ3n) is 7.70. The van der Waals surface area contributed by atoms with Crippen LogP contribution in [0.5, 0.6) is 0 Å². The molecule has 0 atom stereocenters. The molecule has 0 radical (unpaired) electrons. The number of nitrogens with zero attached hydrogens (tertiary/aromatic N) is 3. The van der Waals surface area contributed by atoms with E-state index in [0.717, 1.165) is 43.8 Å². The number of hydrogen-bond acceptors (Lipinski definition) is 3. The summed E-state index contributed by atoms with van der Waals surface area (Å²) >= 11 is 0. The van der Waals surface area contributed by atoms with E-state index in [4.69, 9.17) is 9.84 Å². The zero-order valence-corrected chi connectivity index (χ0v) is 16.7. The molecular weight excluding hydrogens is 362 g/mol. The van der Waals surface area contributed by atoms with Crippen molar-refractivity contribution < 1.29 is 9.53 Å². The Morgan fingerprint density at radius 1 is 1.14 bits per heavy atom. The van der Waals surface area contributed by atoms with Crippen LogP contribution in [0.4, 0.5) is 4.79 Å². The molecular formula is C24H27N3O2. The lowest BCUT2D eigenvalue weighted by Crippen LogP contribution is -2.60. The largest absolute Gasteiger partial charge is 0.445 e. The van der Waals surface area contributed by atoms with E-state index in [1.54, 1.807) is 0 Å². The molecule has 3 saturated carbocycles. The smallest absolute Gasteiger partial charge is 0.410 e. The second kappa shape index (κ2) is 6.22. The van der Waals surface area contributed by atoms with Gasteiger partial charge in [-0.05, 0) is 67.1 Å². The zero-order valence-electron chi connectivity index (χ0n) is 16.7. The number of aromatic nitrogens is 2. The molecule has 2 aromatic rings. The molecule has 5 heteroatoms. The van der Waals surface area contributed by atoms with Gasteiger partial charge in [-0.1, -0.05) is 36.4 Å². The predicted octanol–water partition coefficient (Wildman–Crippen LogP) is 4.38. The molecule has 7 rings (SSSR count). The summed E-state index contributed by atoms with van der Waals surface area (Å²) in [5.74, 6) is 0.958. The maximum Gasteiger partial charge on any atom is 0.410 e. The van der Waals surface area contributed by atoms with E-state index >= 15 is 0 Å². The van der Waals surface area contributed by atoms with Gasteiger partial charge in [-0.3, -0.25) is 4.68 Å². The van der Waals surface area contributed by atoms with E-state index in [2.05, 4.69) is 23.0 Å². The molecule has 4 fully saturated rings. The first-order valence-electron chi connectivity index (χ1n) is 10.9. The molecule has 2 bridgehead atoms. The van der Waals surface area contributed by atoms with Crippen molar-refractivity contribution in [2.24, 2.45) is 11.3 Å². The lowest BCUT2D eigenvalue weighted by molar-refractivity contribution is -0.0983. The Morgan fingerprint density at radius 3 is 2.59 bits per heavy atom.